The quantitative estimate of drug-likeness (QED) is 0.667. The highest BCUT2D eigenvalue weighted by molar-refractivity contribution is 9.10. The molecule has 1 aliphatic rings. The second-order valence-electron chi connectivity index (χ2n) is 6.72. The Morgan fingerprint density at radius 3 is 2.62 bits per heavy atom. The summed E-state index contributed by atoms with van der Waals surface area (Å²) in [5, 5.41) is 10.7. The molecule has 5 heteroatoms. The zero-order valence-corrected chi connectivity index (χ0v) is 15.8. The van der Waals surface area contributed by atoms with E-state index in [0.29, 0.717) is 12.1 Å². The van der Waals surface area contributed by atoms with Crippen LogP contribution >= 0.6 is 15.9 Å². The Kier molecular flexibility index (Phi) is 4.74. The number of fused-ring (bicyclic) bond motifs is 1. The lowest BCUT2D eigenvalue weighted by Crippen LogP contribution is -2.34. The predicted molar refractivity (Wildman–Crippen MR) is 102 cm³/mol. The molecule has 0 radical (unpaired) electrons. The molecule has 0 fully saturated rings. The summed E-state index contributed by atoms with van der Waals surface area (Å²) < 4.78 is 5.09. The molecule has 3 aromatic rings. The Hall–Kier alpha value is -2.24. The van der Waals surface area contributed by atoms with Crippen molar-refractivity contribution >= 4 is 21.7 Å². The van der Waals surface area contributed by atoms with Crippen LogP contribution < -0.4 is 4.57 Å². The van der Waals surface area contributed by atoms with Crippen molar-refractivity contribution in [3.05, 3.63) is 88.4 Å². The van der Waals surface area contributed by atoms with E-state index in [0.717, 1.165) is 23.1 Å². The summed E-state index contributed by atoms with van der Waals surface area (Å²) in [5.41, 5.74) is 2.69. The van der Waals surface area contributed by atoms with Crippen molar-refractivity contribution in [2.45, 2.75) is 25.6 Å². The molecule has 26 heavy (non-hydrogen) atoms. The van der Waals surface area contributed by atoms with Crippen LogP contribution in [0.25, 0.3) is 0 Å². The zero-order chi connectivity index (χ0) is 18.1. The number of pyridine rings is 1. The Balaban J connectivity index is 1.48. The van der Waals surface area contributed by atoms with E-state index in [-0.39, 0.29) is 11.7 Å². The van der Waals surface area contributed by atoms with E-state index in [1.54, 1.807) is 0 Å². The molecular weight excluding hydrogens is 392 g/mol. The van der Waals surface area contributed by atoms with Gasteiger partial charge in [-0.1, -0.05) is 28.1 Å². The van der Waals surface area contributed by atoms with Crippen LogP contribution in [0.15, 0.2) is 71.6 Å². The van der Waals surface area contributed by atoms with Gasteiger partial charge < -0.3 is 9.67 Å². The van der Waals surface area contributed by atoms with Crippen LogP contribution in [0.2, 0.25) is 0 Å². The molecule has 2 aromatic heterocycles. The average Bonchev–Trinajstić information content (AvgIpc) is 3.14. The third kappa shape index (κ3) is 3.37. The van der Waals surface area contributed by atoms with Gasteiger partial charge in [0.2, 0.25) is 0 Å². The molecule has 1 aromatic carbocycles. The van der Waals surface area contributed by atoms with E-state index in [1.807, 2.05) is 59.6 Å². The number of Topliss-reactive ketones (excluding diaryl/α,β-unsaturated/α-hetero) is 1. The maximum absolute atomic E-state index is 12.6. The second-order valence-corrected chi connectivity index (χ2v) is 7.64. The number of aromatic nitrogens is 2. The fourth-order valence-corrected chi connectivity index (χ4v) is 3.80. The summed E-state index contributed by atoms with van der Waals surface area (Å²) in [6.45, 7) is 1.53. The Morgan fingerprint density at radius 2 is 1.88 bits per heavy atom. The fraction of sp³-hybridized carbons (Fsp3) is 0.238. The van der Waals surface area contributed by atoms with E-state index in [1.165, 1.54) is 5.56 Å². The maximum atomic E-state index is 12.6. The number of ketones is 1. The number of aliphatic hydroxyl groups excluding tert-OH is 1. The summed E-state index contributed by atoms with van der Waals surface area (Å²) in [4.78, 5) is 12.6. The lowest BCUT2D eigenvalue weighted by atomic mass is 9.86. The van der Waals surface area contributed by atoms with Gasteiger partial charge in [0.15, 0.2) is 24.7 Å². The van der Waals surface area contributed by atoms with Gasteiger partial charge in [0, 0.05) is 34.9 Å². The van der Waals surface area contributed by atoms with Gasteiger partial charge in [0.05, 0.1) is 17.7 Å². The SMILES string of the molecule is O=C1c2cccn2CC[C@@H]1[C@@H](O)c1cc[n+](Cc2ccc(Br)cc2)cc1. The standard InChI is InChI=1S/C21H20BrN2O2/c22-17-5-3-15(4-6-17)14-23-11-7-16(8-12-23)20(25)18-9-13-24-10-1-2-19(24)21(18)26/h1-8,10-12,18,20,25H,9,13-14H2/q+1/t18-,20+/m1/s1. The first kappa shape index (κ1) is 17.2. The number of aliphatic hydroxyl groups is 1. The first-order valence-corrected chi connectivity index (χ1v) is 9.52. The third-order valence-electron chi connectivity index (χ3n) is 5.02. The molecule has 1 aliphatic heterocycles. The first-order valence-electron chi connectivity index (χ1n) is 8.73. The topological polar surface area (TPSA) is 46.1 Å². The fourth-order valence-electron chi connectivity index (χ4n) is 3.54. The third-order valence-corrected chi connectivity index (χ3v) is 5.55. The molecule has 0 aliphatic carbocycles. The average molecular weight is 412 g/mol. The molecule has 4 rings (SSSR count). The van der Waals surface area contributed by atoms with Gasteiger partial charge in [-0.2, -0.15) is 0 Å². The minimum atomic E-state index is -0.770. The van der Waals surface area contributed by atoms with Crippen LogP contribution in [0.4, 0.5) is 0 Å². The van der Waals surface area contributed by atoms with E-state index in [4.69, 9.17) is 0 Å². The Labute approximate surface area is 160 Å². The monoisotopic (exact) mass is 411 g/mol. The smallest absolute Gasteiger partial charge is 0.185 e. The number of benzene rings is 1. The summed E-state index contributed by atoms with van der Waals surface area (Å²) >= 11 is 3.44. The van der Waals surface area contributed by atoms with Crippen molar-refractivity contribution in [3.8, 4) is 0 Å². The van der Waals surface area contributed by atoms with Crippen LogP contribution in [-0.4, -0.2) is 15.5 Å². The number of nitrogens with zero attached hydrogens (tertiary/aromatic N) is 2. The molecule has 3 heterocycles. The minimum Gasteiger partial charge on any atom is -0.388 e. The van der Waals surface area contributed by atoms with Gasteiger partial charge in [0.25, 0.3) is 0 Å². The summed E-state index contributed by atoms with van der Waals surface area (Å²) in [6.07, 6.45) is 5.72. The number of aryl methyl sites for hydroxylation is 1. The molecule has 2 atom stereocenters. The molecule has 0 amide bonds. The van der Waals surface area contributed by atoms with E-state index in [9.17, 15) is 9.90 Å². The molecule has 0 spiro atoms. The molecule has 0 saturated carbocycles. The summed E-state index contributed by atoms with van der Waals surface area (Å²) in [6, 6.07) is 15.7. The van der Waals surface area contributed by atoms with Gasteiger partial charge in [0.1, 0.15) is 0 Å². The number of hydrogen-bond donors (Lipinski definition) is 1. The van der Waals surface area contributed by atoms with Crippen molar-refractivity contribution < 1.29 is 14.5 Å². The van der Waals surface area contributed by atoms with Crippen molar-refractivity contribution in [3.63, 3.8) is 0 Å². The first-order chi connectivity index (χ1) is 12.6. The largest absolute Gasteiger partial charge is 0.388 e. The normalized spacial score (nSPS) is 17.8. The van der Waals surface area contributed by atoms with Gasteiger partial charge in [-0.15, -0.1) is 0 Å². The van der Waals surface area contributed by atoms with Crippen LogP contribution in [0.1, 0.15) is 34.1 Å². The maximum Gasteiger partial charge on any atom is 0.185 e. The molecule has 0 unspecified atom stereocenters. The number of carbonyl (C=O) groups excluding carboxylic acids is 1. The number of hydrogen-bond acceptors (Lipinski definition) is 2. The summed E-state index contributed by atoms with van der Waals surface area (Å²) in [5.74, 6) is -0.347. The van der Waals surface area contributed by atoms with E-state index >= 15 is 0 Å². The minimum absolute atomic E-state index is 0.0281. The lowest BCUT2D eigenvalue weighted by Gasteiger charge is -2.27. The highest BCUT2D eigenvalue weighted by Crippen LogP contribution is 2.31. The van der Waals surface area contributed by atoms with E-state index < -0.39 is 6.10 Å². The Bertz CT molecular complexity index is 916. The van der Waals surface area contributed by atoms with Crippen LogP contribution in [0.5, 0.6) is 0 Å². The van der Waals surface area contributed by atoms with Crippen molar-refractivity contribution in [2.24, 2.45) is 5.92 Å². The molecule has 0 saturated heterocycles. The second kappa shape index (κ2) is 7.17. The van der Waals surface area contributed by atoms with Crippen LogP contribution in [0, 0.1) is 5.92 Å². The molecule has 1 N–H and O–H groups in total. The van der Waals surface area contributed by atoms with Gasteiger partial charge in [-0.3, -0.25) is 4.79 Å². The number of rotatable bonds is 4. The molecule has 0 bridgehead atoms. The van der Waals surface area contributed by atoms with Gasteiger partial charge in [-0.05, 0) is 36.2 Å². The number of halogens is 1. The zero-order valence-electron chi connectivity index (χ0n) is 14.3. The number of carbonyl (C=O) groups is 1. The van der Waals surface area contributed by atoms with Crippen LogP contribution in [0.3, 0.4) is 0 Å². The van der Waals surface area contributed by atoms with Gasteiger partial charge in [-0.25, -0.2) is 4.57 Å². The molecule has 4 nitrogen and oxygen atoms in total. The Morgan fingerprint density at radius 1 is 1.15 bits per heavy atom. The van der Waals surface area contributed by atoms with Crippen molar-refractivity contribution in [1.82, 2.24) is 4.57 Å². The van der Waals surface area contributed by atoms with E-state index in [2.05, 4.69) is 32.6 Å². The van der Waals surface area contributed by atoms with Gasteiger partial charge >= 0.3 is 0 Å². The molecule has 132 valence electrons. The highest BCUT2D eigenvalue weighted by Gasteiger charge is 2.33. The highest BCUT2D eigenvalue weighted by atomic mass is 79.9. The van der Waals surface area contributed by atoms with Crippen molar-refractivity contribution in [2.75, 3.05) is 0 Å². The van der Waals surface area contributed by atoms with Crippen LogP contribution in [-0.2, 0) is 13.1 Å². The summed E-state index contributed by atoms with van der Waals surface area (Å²) in [7, 11) is 0. The molecular formula is C21H20BrN2O2+. The predicted octanol–water partition coefficient (Wildman–Crippen LogP) is 3.52. The lowest BCUT2D eigenvalue weighted by molar-refractivity contribution is -0.688. The van der Waals surface area contributed by atoms with Crippen molar-refractivity contribution in [1.29, 1.82) is 0 Å².